The monoisotopic (exact) mass is 313 g/mol. The van der Waals surface area contributed by atoms with Crippen LogP contribution in [0, 0.1) is 0 Å². The van der Waals surface area contributed by atoms with Crippen molar-refractivity contribution in [3.05, 3.63) is 28.5 Å². The van der Waals surface area contributed by atoms with Crippen molar-refractivity contribution in [3.8, 4) is 0 Å². The lowest BCUT2D eigenvalue weighted by Gasteiger charge is -2.23. The number of rotatable bonds is 6. The molecular weight excluding hydrogens is 294 g/mol. The summed E-state index contributed by atoms with van der Waals surface area (Å²) in [6, 6.07) is 3.64. The molecule has 1 aromatic heterocycles. The van der Waals surface area contributed by atoms with E-state index in [1.54, 1.807) is 12.3 Å². The Labute approximate surface area is 117 Å². The van der Waals surface area contributed by atoms with Gasteiger partial charge in [-0.25, -0.2) is 4.98 Å². The second-order valence-corrected chi connectivity index (χ2v) is 5.14. The van der Waals surface area contributed by atoms with Crippen LogP contribution in [0.2, 0.25) is 0 Å². The molecule has 1 aromatic rings. The summed E-state index contributed by atoms with van der Waals surface area (Å²) in [5.41, 5.74) is 0.449. The zero-order valence-electron chi connectivity index (χ0n) is 11.1. The molecular formula is C13H20BrN3O. The lowest BCUT2D eigenvalue weighted by molar-refractivity contribution is 0.0925. The van der Waals surface area contributed by atoms with Gasteiger partial charge in [-0.15, -0.1) is 0 Å². The fraction of sp³-hybridized carbons (Fsp3) is 0.538. The summed E-state index contributed by atoms with van der Waals surface area (Å²) in [4.78, 5) is 18.3. The van der Waals surface area contributed by atoms with Gasteiger partial charge in [0.2, 0.25) is 0 Å². The molecule has 0 aliphatic rings. The van der Waals surface area contributed by atoms with Crippen LogP contribution in [0.3, 0.4) is 0 Å². The Morgan fingerprint density at radius 1 is 1.44 bits per heavy atom. The van der Waals surface area contributed by atoms with E-state index in [9.17, 15) is 4.79 Å². The largest absolute Gasteiger partial charge is 0.347 e. The van der Waals surface area contributed by atoms with Crippen LogP contribution in [0.5, 0.6) is 0 Å². The topological polar surface area (TPSA) is 45.2 Å². The maximum Gasteiger partial charge on any atom is 0.270 e. The van der Waals surface area contributed by atoms with Gasteiger partial charge in [0, 0.05) is 23.3 Å². The number of amides is 1. The molecule has 0 spiro atoms. The van der Waals surface area contributed by atoms with Crippen LogP contribution in [0.25, 0.3) is 0 Å². The molecule has 1 amide bonds. The number of aromatic nitrogens is 1. The van der Waals surface area contributed by atoms with Crippen molar-refractivity contribution in [1.82, 2.24) is 15.2 Å². The minimum absolute atomic E-state index is 0.114. The number of likely N-dealkylation sites (N-methyl/N-ethyl adjacent to an activating group) is 1. The summed E-state index contributed by atoms with van der Waals surface area (Å²) in [6.45, 7) is 9.09. The van der Waals surface area contributed by atoms with Crippen molar-refractivity contribution in [3.63, 3.8) is 0 Å². The fourth-order valence-corrected chi connectivity index (χ4v) is 1.96. The van der Waals surface area contributed by atoms with Crippen molar-refractivity contribution in [2.75, 3.05) is 19.6 Å². The maximum absolute atomic E-state index is 11.9. The molecule has 1 N–H and O–H groups in total. The zero-order valence-corrected chi connectivity index (χ0v) is 12.7. The molecule has 0 bridgehead atoms. The van der Waals surface area contributed by atoms with Gasteiger partial charge in [0.15, 0.2) is 0 Å². The van der Waals surface area contributed by atoms with Crippen molar-refractivity contribution in [1.29, 1.82) is 0 Å². The molecule has 1 rings (SSSR count). The average molecular weight is 314 g/mol. The Balaban J connectivity index is 2.51. The molecule has 0 saturated carbocycles. The quantitative estimate of drug-likeness (QED) is 0.876. The van der Waals surface area contributed by atoms with Crippen LogP contribution in [0.15, 0.2) is 22.8 Å². The predicted octanol–water partition coefficient (Wildman–Crippen LogP) is 2.30. The van der Waals surface area contributed by atoms with Crippen molar-refractivity contribution in [2.45, 2.75) is 26.8 Å². The number of hydrogen-bond acceptors (Lipinski definition) is 3. The van der Waals surface area contributed by atoms with Crippen molar-refractivity contribution in [2.24, 2.45) is 0 Å². The first-order chi connectivity index (χ1) is 8.56. The first-order valence-corrected chi connectivity index (χ1v) is 7.00. The SMILES string of the molecule is CCN(CC)CC(C)NC(=O)c1ccc(Br)cn1. The molecule has 0 radical (unpaired) electrons. The zero-order chi connectivity index (χ0) is 13.5. The molecule has 1 atom stereocenters. The van der Waals surface area contributed by atoms with Gasteiger partial charge in [0.1, 0.15) is 5.69 Å². The third kappa shape index (κ3) is 4.74. The van der Waals surface area contributed by atoms with Gasteiger partial charge >= 0.3 is 0 Å². The van der Waals surface area contributed by atoms with E-state index in [1.165, 1.54) is 0 Å². The Morgan fingerprint density at radius 3 is 2.61 bits per heavy atom. The summed E-state index contributed by atoms with van der Waals surface area (Å²) >= 11 is 3.30. The van der Waals surface area contributed by atoms with E-state index in [0.29, 0.717) is 5.69 Å². The molecule has 5 heteroatoms. The van der Waals surface area contributed by atoms with E-state index < -0.39 is 0 Å². The molecule has 0 fully saturated rings. The molecule has 4 nitrogen and oxygen atoms in total. The summed E-state index contributed by atoms with van der Waals surface area (Å²) < 4.78 is 0.871. The minimum atomic E-state index is -0.123. The lowest BCUT2D eigenvalue weighted by atomic mass is 10.2. The average Bonchev–Trinajstić information content (AvgIpc) is 2.36. The minimum Gasteiger partial charge on any atom is -0.347 e. The normalized spacial score (nSPS) is 12.5. The summed E-state index contributed by atoms with van der Waals surface area (Å²) in [7, 11) is 0. The second-order valence-electron chi connectivity index (χ2n) is 4.22. The Kier molecular flexibility index (Phi) is 6.29. The molecule has 0 aliphatic carbocycles. The van der Waals surface area contributed by atoms with Crippen LogP contribution in [-0.2, 0) is 0 Å². The van der Waals surface area contributed by atoms with Crippen LogP contribution in [0.1, 0.15) is 31.3 Å². The number of halogens is 1. The van der Waals surface area contributed by atoms with E-state index in [0.717, 1.165) is 24.1 Å². The fourth-order valence-electron chi connectivity index (χ4n) is 1.72. The number of pyridine rings is 1. The highest BCUT2D eigenvalue weighted by atomic mass is 79.9. The number of nitrogens with zero attached hydrogens (tertiary/aromatic N) is 2. The van der Waals surface area contributed by atoms with Crippen LogP contribution in [0.4, 0.5) is 0 Å². The molecule has 0 aliphatic heterocycles. The van der Waals surface area contributed by atoms with Gasteiger partial charge in [0.05, 0.1) is 0 Å². The van der Waals surface area contributed by atoms with Crippen molar-refractivity contribution >= 4 is 21.8 Å². The highest BCUT2D eigenvalue weighted by Crippen LogP contribution is 2.07. The van der Waals surface area contributed by atoms with Gasteiger partial charge in [-0.1, -0.05) is 13.8 Å². The summed E-state index contributed by atoms with van der Waals surface area (Å²) in [6.07, 6.45) is 1.63. The molecule has 100 valence electrons. The van der Waals surface area contributed by atoms with E-state index in [1.807, 2.05) is 13.0 Å². The smallest absolute Gasteiger partial charge is 0.270 e. The summed E-state index contributed by atoms with van der Waals surface area (Å²) in [5, 5.41) is 2.96. The van der Waals surface area contributed by atoms with E-state index in [-0.39, 0.29) is 11.9 Å². The van der Waals surface area contributed by atoms with E-state index in [2.05, 4.69) is 45.0 Å². The second kappa shape index (κ2) is 7.48. The van der Waals surface area contributed by atoms with Crippen LogP contribution >= 0.6 is 15.9 Å². The van der Waals surface area contributed by atoms with E-state index in [4.69, 9.17) is 0 Å². The standard InChI is InChI=1S/C13H20BrN3O/c1-4-17(5-2)9-10(3)16-13(18)12-7-6-11(14)8-15-12/h6-8,10H,4-5,9H2,1-3H3,(H,16,18). The predicted molar refractivity (Wildman–Crippen MR) is 76.7 cm³/mol. The molecule has 1 heterocycles. The first kappa shape index (κ1) is 15.1. The number of carbonyl (C=O) groups excluding carboxylic acids is 1. The van der Waals surface area contributed by atoms with Crippen LogP contribution < -0.4 is 5.32 Å². The van der Waals surface area contributed by atoms with Crippen LogP contribution in [-0.4, -0.2) is 41.5 Å². The molecule has 18 heavy (non-hydrogen) atoms. The van der Waals surface area contributed by atoms with E-state index >= 15 is 0 Å². The number of nitrogens with one attached hydrogen (secondary N) is 1. The number of carbonyl (C=O) groups is 1. The Hall–Kier alpha value is -0.940. The van der Waals surface area contributed by atoms with Gasteiger partial charge < -0.3 is 10.2 Å². The molecule has 1 unspecified atom stereocenters. The van der Waals surface area contributed by atoms with Crippen molar-refractivity contribution < 1.29 is 4.79 Å². The Morgan fingerprint density at radius 2 is 2.11 bits per heavy atom. The summed E-state index contributed by atoms with van der Waals surface area (Å²) in [5.74, 6) is -0.123. The number of hydrogen-bond donors (Lipinski definition) is 1. The van der Waals surface area contributed by atoms with Gasteiger partial charge in [-0.2, -0.15) is 0 Å². The third-order valence-corrected chi connectivity index (χ3v) is 3.23. The lowest BCUT2D eigenvalue weighted by Crippen LogP contribution is -2.42. The third-order valence-electron chi connectivity index (χ3n) is 2.76. The first-order valence-electron chi connectivity index (χ1n) is 6.21. The Bertz CT molecular complexity index is 376. The van der Waals surface area contributed by atoms with Gasteiger partial charge in [-0.05, 0) is 48.1 Å². The highest BCUT2D eigenvalue weighted by molar-refractivity contribution is 9.10. The van der Waals surface area contributed by atoms with Gasteiger partial charge in [-0.3, -0.25) is 4.79 Å². The maximum atomic E-state index is 11.9. The molecule has 0 aromatic carbocycles. The van der Waals surface area contributed by atoms with Gasteiger partial charge in [0.25, 0.3) is 5.91 Å². The molecule has 0 saturated heterocycles. The highest BCUT2D eigenvalue weighted by Gasteiger charge is 2.12.